The fraction of sp³-hybridized carbons (Fsp3) is 0.971. The van der Waals surface area contributed by atoms with E-state index in [1.807, 2.05) is 0 Å². The van der Waals surface area contributed by atoms with Crippen LogP contribution in [0.25, 0.3) is 0 Å². The van der Waals surface area contributed by atoms with Crippen LogP contribution in [0.1, 0.15) is 162 Å². The highest BCUT2D eigenvalue weighted by Gasteiger charge is 2.44. The first kappa shape index (κ1) is 41.2. The fourth-order valence-corrected chi connectivity index (χ4v) is 5.92. The van der Waals surface area contributed by atoms with Crippen molar-refractivity contribution in [2.24, 2.45) is 0 Å². The minimum Gasteiger partial charge on any atom is -0.394 e. The number of ether oxygens (including phenoxy) is 2. The first-order chi connectivity index (χ1) is 21.3. The summed E-state index contributed by atoms with van der Waals surface area (Å²) in [5.74, 6) is -0.150. The van der Waals surface area contributed by atoms with Crippen LogP contribution in [0.4, 0.5) is 0 Å². The molecule has 9 nitrogen and oxygen atoms in total. The van der Waals surface area contributed by atoms with E-state index >= 15 is 0 Å². The standard InChI is InChI=1S/C35H69NO8/c1-3-5-7-9-10-11-12-13-14-15-16-17-18-19-21-23-25-31(39)36-28(29(38)24-22-20-8-6-4-2)27-43-35-34(42)33(41)32(40)30(26-37)44-35/h28-30,32-35,37-38,40-42H,3-27H2,1-2H3,(H,36,39). The van der Waals surface area contributed by atoms with Crippen LogP contribution in [0.5, 0.6) is 0 Å². The molecule has 1 aliphatic heterocycles. The average molecular weight is 632 g/mol. The molecule has 0 aromatic heterocycles. The van der Waals surface area contributed by atoms with E-state index in [1.54, 1.807) is 0 Å². The number of carbonyl (C=O) groups excluding carboxylic acids is 1. The van der Waals surface area contributed by atoms with Gasteiger partial charge in [0.1, 0.15) is 24.4 Å². The molecule has 44 heavy (non-hydrogen) atoms. The van der Waals surface area contributed by atoms with Crippen LogP contribution in [0.15, 0.2) is 0 Å². The number of hydrogen-bond acceptors (Lipinski definition) is 8. The molecular formula is C35H69NO8. The van der Waals surface area contributed by atoms with Gasteiger partial charge >= 0.3 is 0 Å². The third-order valence-electron chi connectivity index (χ3n) is 8.96. The summed E-state index contributed by atoms with van der Waals surface area (Å²) in [5.41, 5.74) is 0. The van der Waals surface area contributed by atoms with E-state index < -0.39 is 49.5 Å². The SMILES string of the molecule is CCCCCCCCCCCCCCCCCCC(=O)NC(COC1OC(CO)C(O)C(O)C1O)C(O)CCCCCCC. The second kappa shape index (κ2) is 27.3. The Morgan fingerprint density at radius 3 is 1.61 bits per heavy atom. The highest BCUT2D eigenvalue weighted by molar-refractivity contribution is 5.76. The quantitative estimate of drug-likeness (QED) is 0.0580. The molecule has 0 aromatic carbocycles. The predicted octanol–water partition coefficient (Wildman–Crippen LogP) is 5.66. The highest BCUT2D eigenvalue weighted by atomic mass is 16.7. The summed E-state index contributed by atoms with van der Waals surface area (Å²) in [6, 6.07) is -0.706. The smallest absolute Gasteiger partial charge is 0.220 e. The molecule has 0 saturated carbocycles. The normalized spacial score (nSPS) is 23.5. The van der Waals surface area contributed by atoms with Gasteiger partial charge in [0.25, 0.3) is 0 Å². The molecular weight excluding hydrogens is 562 g/mol. The van der Waals surface area contributed by atoms with Gasteiger partial charge in [0.05, 0.1) is 25.4 Å². The Bertz CT molecular complexity index is 667. The van der Waals surface area contributed by atoms with E-state index in [2.05, 4.69) is 19.2 Å². The maximum atomic E-state index is 12.8. The van der Waals surface area contributed by atoms with Crippen LogP contribution in [0.2, 0.25) is 0 Å². The molecule has 1 amide bonds. The van der Waals surface area contributed by atoms with Crippen LogP contribution in [0, 0.1) is 0 Å². The molecule has 1 aliphatic rings. The van der Waals surface area contributed by atoms with Crippen molar-refractivity contribution in [3.05, 3.63) is 0 Å². The lowest BCUT2D eigenvalue weighted by Crippen LogP contribution is -2.60. The summed E-state index contributed by atoms with van der Waals surface area (Å²) < 4.78 is 11.1. The molecule has 0 radical (unpaired) electrons. The largest absolute Gasteiger partial charge is 0.394 e. The van der Waals surface area contributed by atoms with Gasteiger partial charge in [0.2, 0.25) is 5.91 Å². The fourth-order valence-electron chi connectivity index (χ4n) is 5.92. The average Bonchev–Trinajstić information content (AvgIpc) is 3.02. The molecule has 0 spiro atoms. The number of carbonyl (C=O) groups is 1. The molecule has 0 bridgehead atoms. The highest BCUT2D eigenvalue weighted by Crippen LogP contribution is 2.23. The van der Waals surface area contributed by atoms with E-state index in [-0.39, 0.29) is 12.5 Å². The summed E-state index contributed by atoms with van der Waals surface area (Å²) in [5, 5.41) is 53.6. The van der Waals surface area contributed by atoms with Crippen molar-refractivity contribution >= 4 is 5.91 Å². The van der Waals surface area contributed by atoms with Gasteiger partial charge in [-0.1, -0.05) is 142 Å². The number of hydrogen-bond donors (Lipinski definition) is 6. The Kier molecular flexibility index (Phi) is 25.6. The third kappa shape index (κ3) is 19.0. The Morgan fingerprint density at radius 2 is 1.14 bits per heavy atom. The van der Waals surface area contributed by atoms with E-state index in [0.717, 1.165) is 51.4 Å². The Balaban J connectivity index is 2.30. The first-order valence-corrected chi connectivity index (χ1v) is 18.2. The zero-order chi connectivity index (χ0) is 32.4. The monoisotopic (exact) mass is 632 g/mol. The van der Waals surface area contributed by atoms with Crippen molar-refractivity contribution in [3.8, 4) is 0 Å². The molecule has 0 aromatic rings. The summed E-state index contributed by atoms with van der Waals surface area (Å²) in [7, 11) is 0. The molecule has 1 fully saturated rings. The zero-order valence-electron chi connectivity index (χ0n) is 28.2. The van der Waals surface area contributed by atoms with Gasteiger partial charge in [0, 0.05) is 6.42 Å². The van der Waals surface area contributed by atoms with E-state index in [4.69, 9.17) is 9.47 Å². The van der Waals surface area contributed by atoms with Crippen molar-refractivity contribution in [1.82, 2.24) is 5.32 Å². The molecule has 9 heteroatoms. The Labute approximate surface area is 268 Å². The van der Waals surface area contributed by atoms with Gasteiger partial charge in [-0.15, -0.1) is 0 Å². The van der Waals surface area contributed by atoms with Crippen LogP contribution < -0.4 is 5.32 Å². The minimum atomic E-state index is -1.54. The number of aliphatic hydroxyl groups excluding tert-OH is 5. The maximum absolute atomic E-state index is 12.8. The van der Waals surface area contributed by atoms with Crippen molar-refractivity contribution in [2.75, 3.05) is 13.2 Å². The van der Waals surface area contributed by atoms with E-state index in [9.17, 15) is 30.3 Å². The van der Waals surface area contributed by atoms with Gasteiger partial charge in [-0.05, 0) is 12.8 Å². The molecule has 0 aliphatic carbocycles. The van der Waals surface area contributed by atoms with Gasteiger partial charge in [0.15, 0.2) is 6.29 Å². The second-order valence-electron chi connectivity index (χ2n) is 13.0. The number of amides is 1. The van der Waals surface area contributed by atoms with Gasteiger partial charge in [-0.2, -0.15) is 0 Å². The lowest BCUT2D eigenvalue weighted by atomic mass is 9.99. The van der Waals surface area contributed by atoms with Gasteiger partial charge in [-0.3, -0.25) is 4.79 Å². The topological polar surface area (TPSA) is 149 Å². The molecule has 7 unspecified atom stereocenters. The van der Waals surface area contributed by atoms with Crippen LogP contribution in [-0.2, 0) is 14.3 Å². The predicted molar refractivity (Wildman–Crippen MR) is 175 cm³/mol. The maximum Gasteiger partial charge on any atom is 0.220 e. The summed E-state index contributed by atoms with van der Waals surface area (Å²) in [6.07, 6.45) is 18.7. The Hall–Kier alpha value is -0.810. The molecule has 6 N–H and O–H groups in total. The van der Waals surface area contributed by atoms with Crippen LogP contribution >= 0.6 is 0 Å². The Morgan fingerprint density at radius 1 is 0.682 bits per heavy atom. The molecule has 262 valence electrons. The van der Waals surface area contributed by atoms with Crippen molar-refractivity contribution < 1.29 is 39.8 Å². The number of nitrogens with one attached hydrogen (secondary N) is 1. The first-order valence-electron chi connectivity index (χ1n) is 18.2. The molecule has 1 heterocycles. The zero-order valence-corrected chi connectivity index (χ0v) is 28.2. The van der Waals surface area contributed by atoms with Gasteiger partial charge < -0.3 is 40.3 Å². The lowest BCUT2D eigenvalue weighted by molar-refractivity contribution is -0.302. The van der Waals surface area contributed by atoms with E-state index in [1.165, 1.54) is 83.5 Å². The number of unbranched alkanes of at least 4 members (excludes halogenated alkanes) is 19. The van der Waals surface area contributed by atoms with Gasteiger partial charge in [-0.25, -0.2) is 0 Å². The molecule has 1 rings (SSSR count). The third-order valence-corrected chi connectivity index (χ3v) is 8.96. The lowest BCUT2D eigenvalue weighted by Gasteiger charge is -2.40. The second-order valence-corrected chi connectivity index (χ2v) is 13.0. The van der Waals surface area contributed by atoms with Crippen molar-refractivity contribution in [3.63, 3.8) is 0 Å². The van der Waals surface area contributed by atoms with Crippen molar-refractivity contribution in [2.45, 2.75) is 204 Å². The summed E-state index contributed by atoms with van der Waals surface area (Å²) in [4.78, 5) is 12.8. The molecule has 1 saturated heterocycles. The summed E-state index contributed by atoms with van der Waals surface area (Å²) in [6.45, 7) is 3.73. The molecule has 7 atom stereocenters. The summed E-state index contributed by atoms with van der Waals surface area (Å²) >= 11 is 0. The van der Waals surface area contributed by atoms with Crippen LogP contribution in [0.3, 0.4) is 0 Å². The number of rotatable bonds is 29. The van der Waals surface area contributed by atoms with Crippen LogP contribution in [-0.4, -0.2) is 87.5 Å². The van der Waals surface area contributed by atoms with E-state index in [0.29, 0.717) is 12.8 Å². The minimum absolute atomic E-state index is 0.135. The number of aliphatic hydroxyl groups is 5. The van der Waals surface area contributed by atoms with Crippen molar-refractivity contribution in [1.29, 1.82) is 0 Å².